The lowest BCUT2D eigenvalue weighted by molar-refractivity contribution is 0.662. The monoisotopic (exact) mass is 759 g/mol. The van der Waals surface area contributed by atoms with E-state index in [1.807, 2.05) is 0 Å². The summed E-state index contributed by atoms with van der Waals surface area (Å²) in [6, 6.07) is 71.0. The molecule has 12 aromatic rings. The van der Waals surface area contributed by atoms with Crippen molar-refractivity contribution in [3.8, 4) is 50.2 Å². The summed E-state index contributed by atoms with van der Waals surface area (Å²) in [4.78, 5) is 0. The molecule has 2 aliphatic carbocycles. The van der Waals surface area contributed by atoms with Crippen molar-refractivity contribution in [2.75, 3.05) is 0 Å². The van der Waals surface area contributed by atoms with Crippen molar-refractivity contribution in [1.29, 1.82) is 0 Å². The van der Waals surface area contributed by atoms with Gasteiger partial charge in [-0.3, -0.25) is 0 Å². The molecule has 0 saturated carbocycles. The zero-order chi connectivity index (χ0) is 39.4. The molecule has 1 nitrogen and oxygen atoms in total. The van der Waals surface area contributed by atoms with Crippen LogP contribution in [-0.2, 0) is 5.41 Å². The first kappa shape index (κ1) is 32.5. The Kier molecular flexibility index (Phi) is 6.16. The maximum absolute atomic E-state index is 2.57. The van der Waals surface area contributed by atoms with E-state index in [0.29, 0.717) is 0 Å². The molecule has 1 heteroatoms. The van der Waals surface area contributed by atoms with Crippen molar-refractivity contribution in [1.82, 2.24) is 4.57 Å². The fourth-order valence-electron chi connectivity index (χ4n) is 11.6. The van der Waals surface area contributed by atoms with Crippen molar-refractivity contribution in [3.63, 3.8) is 0 Å². The summed E-state index contributed by atoms with van der Waals surface area (Å²) in [5.41, 5.74) is 16.9. The molecule has 1 aromatic heterocycles. The summed E-state index contributed by atoms with van der Waals surface area (Å²) in [6.07, 6.45) is 0. The van der Waals surface area contributed by atoms with Crippen LogP contribution in [0.25, 0.3) is 126 Å². The minimum atomic E-state index is -0.207. The van der Waals surface area contributed by atoms with Gasteiger partial charge in [-0.15, -0.1) is 0 Å². The second-order valence-electron chi connectivity index (χ2n) is 17.5. The number of hydrogen-bond donors (Lipinski definition) is 0. The molecule has 0 N–H and O–H groups in total. The van der Waals surface area contributed by atoms with Crippen LogP contribution in [0.15, 0.2) is 188 Å². The van der Waals surface area contributed by atoms with Gasteiger partial charge in [-0.1, -0.05) is 153 Å². The second kappa shape index (κ2) is 11.4. The highest BCUT2D eigenvalue weighted by Gasteiger charge is 2.37. The Balaban J connectivity index is 1.07. The smallest absolute Gasteiger partial charge is 0.0544 e. The molecule has 0 spiro atoms. The van der Waals surface area contributed by atoms with Crippen LogP contribution < -0.4 is 0 Å². The number of rotatable bonds is 2. The number of para-hydroxylation sites is 2. The molecular formula is C59H37N. The van der Waals surface area contributed by atoms with Crippen LogP contribution in [-0.4, -0.2) is 4.57 Å². The van der Waals surface area contributed by atoms with E-state index in [-0.39, 0.29) is 5.41 Å². The van der Waals surface area contributed by atoms with Crippen molar-refractivity contribution in [2.45, 2.75) is 19.3 Å². The molecule has 14 rings (SSSR count). The molecule has 0 saturated heterocycles. The van der Waals surface area contributed by atoms with Gasteiger partial charge in [-0.25, -0.2) is 0 Å². The van der Waals surface area contributed by atoms with Gasteiger partial charge < -0.3 is 4.57 Å². The maximum atomic E-state index is 2.57. The lowest BCUT2D eigenvalue weighted by Crippen LogP contribution is -2.15. The molecular weight excluding hydrogens is 723 g/mol. The minimum Gasteiger partial charge on any atom is -0.309 e. The zero-order valence-corrected chi connectivity index (χ0v) is 33.3. The average Bonchev–Trinajstić information content (AvgIpc) is 3.88. The van der Waals surface area contributed by atoms with E-state index in [1.54, 1.807) is 0 Å². The number of nitrogens with zero attached hydrogens (tertiary/aromatic N) is 1. The van der Waals surface area contributed by atoms with Crippen molar-refractivity contribution in [3.05, 3.63) is 199 Å². The molecule has 0 atom stereocenters. The molecule has 2 aliphatic rings. The Hall–Kier alpha value is -7.48. The van der Waals surface area contributed by atoms with Gasteiger partial charge in [0.25, 0.3) is 0 Å². The van der Waals surface area contributed by atoms with Crippen molar-refractivity contribution in [2.24, 2.45) is 0 Å². The Bertz CT molecular complexity index is 3870. The Morgan fingerprint density at radius 1 is 0.283 bits per heavy atom. The number of fused-ring (bicyclic) bond motifs is 17. The summed E-state index contributed by atoms with van der Waals surface area (Å²) >= 11 is 0. The van der Waals surface area contributed by atoms with Gasteiger partial charge in [-0.2, -0.15) is 0 Å². The van der Waals surface area contributed by atoms with Gasteiger partial charge in [0.05, 0.1) is 11.0 Å². The molecule has 1 heterocycles. The summed E-state index contributed by atoms with van der Waals surface area (Å²) < 4.78 is 2.45. The molecule has 11 aromatic carbocycles. The zero-order valence-electron chi connectivity index (χ0n) is 33.3. The first-order valence-corrected chi connectivity index (χ1v) is 21.2. The van der Waals surface area contributed by atoms with Gasteiger partial charge in [-0.05, 0) is 158 Å². The third-order valence-electron chi connectivity index (χ3n) is 14.3. The third kappa shape index (κ3) is 4.02. The molecule has 60 heavy (non-hydrogen) atoms. The summed E-state index contributed by atoms with van der Waals surface area (Å²) in [5.74, 6) is 0. The van der Waals surface area contributed by atoms with Crippen LogP contribution in [0.4, 0.5) is 0 Å². The summed E-state index contributed by atoms with van der Waals surface area (Å²) in [6.45, 7) is 4.86. The topological polar surface area (TPSA) is 4.93 Å². The molecule has 0 unspecified atom stereocenters. The van der Waals surface area contributed by atoms with E-state index in [4.69, 9.17) is 0 Å². The number of aromatic nitrogens is 1. The van der Waals surface area contributed by atoms with Crippen LogP contribution in [0.1, 0.15) is 25.0 Å². The SMILES string of the molecule is CC1(C)c2cc3c(cc2-c2cc4c5ccccc5n(-c5ccccc5)c4cc21)c1ccccc1c1cc(-c2ccc4c5c(cccc25)-c2ccccc2-4)c2ccccc2c31. The van der Waals surface area contributed by atoms with Crippen LogP contribution >= 0.6 is 0 Å². The minimum absolute atomic E-state index is 0.207. The van der Waals surface area contributed by atoms with E-state index in [9.17, 15) is 0 Å². The van der Waals surface area contributed by atoms with Crippen LogP contribution in [0.2, 0.25) is 0 Å². The van der Waals surface area contributed by atoms with E-state index in [2.05, 4.69) is 206 Å². The van der Waals surface area contributed by atoms with Gasteiger partial charge in [0, 0.05) is 21.9 Å². The Morgan fingerprint density at radius 2 is 0.817 bits per heavy atom. The van der Waals surface area contributed by atoms with Crippen LogP contribution in [0.3, 0.4) is 0 Å². The van der Waals surface area contributed by atoms with Crippen molar-refractivity contribution < 1.29 is 0 Å². The quantitative estimate of drug-likeness (QED) is 0.155. The number of hydrogen-bond acceptors (Lipinski definition) is 0. The lowest BCUT2D eigenvalue weighted by Gasteiger charge is -2.23. The van der Waals surface area contributed by atoms with Crippen molar-refractivity contribution >= 4 is 75.7 Å². The lowest BCUT2D eigenvalue weighted by atomic mass is 9.80. The standard InChI is InChI=1S/C59H37N/c1-59(2)53-32-52-47(29-48(53)49-31-50-41-22-12-13-26-55(41)60(56(50)33-54(49)59)34-15-4-3-5-16-34)37-19-8-9-20-38(37)51-30-46(39-21-10-11-23-42(39)58(51)52)40-27-28-45-36-18-7-6-17-35(36)43-24-14-25-44(40)57(43)45/h3-33H,1-2H3. The molecule has 0 fully saturated rings. The van der Waals surface area contributed by atoms with E-state index < -0.39 is 0 Å². The van der Waals surface area contributed by atoms with Gasteiger partial charge >= 0.3 is 0 Å². The fraction of sp³-hybridized carbons (Fsp3) is 0.0508. The molecule has 0 amide bonds. The first-order valence-electron chi connectivity index (χ1n) is 21.2. The average molecular weight is 760 g/mol. The molecule has 278 valence electrons. The molecule has 0 aliphatic heterocycles. The van der Waals surface area contributed by atoms with Gasteiger partial charge in [0.1, 0.15) is 0 Å². The number of benzene rings is 11. The second-order valence-corrected chi connectivity index (χ2v) is 17.5. The molecule has 0 bridgehead atoms. The molecule has 0 radical (unpaired) electrons. The normalized spacial score (nSPS) is 13.6. The first-order chi connectivity index (χ1) is 29.5. The largest absolute Gasteiger partial charge is 0.309 e. The third-order valence-corrected chi connectivity index (χ3v) is 14.3. The summed E-state index contributed by atoms with van der Waals surface area (Å²) in [7, 11) is 0. The highest BCUT2D eigenvalue weighted by Crippen LogP contribution is 2.55. The van der Waals surface area contributed by atoms with Gasteiger partial charge in [0.15, 0.2) is 0 Å². The van der Waals surface area contributed by atoms with Crippen LogP contribution in [0.5, 0.6) is 0 Å². The Labute approximate surface area is 347 Å². The van der Waals surface area contributed by atoms with Gasteiger partial charge in [0.2, 0.25) is 0 Å². The Morgan fingerprint density at radius 3 is 1.60 bits per heavy atom. The van der Waals surface area contributed by atoms with E-state index >= 15 is 0 Å². The van der Waals surface area contributed by atoms with E-state index in [0.717, 1.165) is 0 Å². The predicted octanol–water partition coefficient (Wildman–Crippen LogP) is 16.2. The maximum Gasteiger partial charge on any atom is 0.0544 e. The predicted molar refractivity (Wildman–Crippen MR) is 256 cm³/mol. The fourth-order valence-corrected chi connectivity index (χ4v) is 11.6. The summed E-state index contributed by atoms with van der Waals surface area (Å²) in [5, 5.41) is 15.7. The van der Waals surface area contributed by atoms with Crippen LogP contribution in [0, 0.1) is 0 Å². The van der Waals surface area contributed by atoms with E-state index in [1.165, 1.54) is 137 Å². The highest BCUT2D eigenvalue weighted by atomic mass is 15.0. The highest BCUT2D eigenvalue weighted by molar-refractivity contribution is 6.34.